The molecule has 3 aromatic rings. The minimum atomic E-state index is 0.0140. The van der Waals surface area contributed by atoms with E-state index in [1.54, 1.807) is 24.3 Å². The Kier molecular flexibility index (Phi) is 4.01. The average molecular weight is 309 g/mol. The van der Waals surface area contributed by atoms with Crippen LogP contribution in [0.2, 0.25) is 0 Å². The summed E-state index contributed by atoms with van der Waals surface area (Å²) in [5.41, 5.74) is 1.42. The highest BCUT2D eigenvalue weighted by molar-refractivity contribution is 5.95. The summed E-state index contributed by atoms with van der Waals surface area (Å²) in [5.74, 6) is 2.48. The van der Waals surface area contributed by atoms with Crippen molar-refractivity contribution in [2.75, 3.05) is 10.6 Å². The van der Waals surface area contributed by atoms with Crippen molar-refractivity contribution in [2.24, 2.45) is 0 Å². The van der Waals surface area contributed by atoms with Gasteiger partial charge in [0.05, 0.1) is 0 Å². The standard InChI is InChI=1S/C16H15N5O2/c1-10-6-16(21-23-10)20-15-8-14(17-9-18-15)19-13-5-3-4-12(7-13)11(2)22/h3-9H,1-2H3,(H2,17,18,19,20,21). The van der Waals surface area contributed by atoms with Crippen LogP contribution in [-0.2, 0) is 0 Å². The molecule has 7 heteroatoms. The lowest BCUT2D eigenvalue weighted by Gasteiger charge is -2.08. The van der Waals surface area contributed by atoms with E-state index in [1.165, 1.54) is 13.3 Å². The fourth-order valence-corrected chi connectivity index (χ4v) is 2.01. The first kappa shape index (κ1) is 14.7. The zero-order valence-electron chi connectivity index (χ0n) is 12.7. The Balaban J connectivity index is 1.77. The molecule has 2 heterocycles. The van der Waals surface area contributed by atoms with E-state index < -0.39 is 0 Å². The fraction of sp³-hybridized carbons (Fsp3) is 0.125. The van der Waals surface area contributed by atoms with Gasteiger partial charge in [-0.2, -0.15) is 0 Å². The Morgan fingerprint density at radius 2 is 1.83 bits per heavy atom. The lowest BCUT2D eigenvalue weighted by Crippen LogP contribution is -1.99. The molecule has 0 atom stereocenters. The second-order valence-electron chi connectivity index (χ2n) is 5.00. The molecule has 0 amide bonds. The van der Waals surface area contributed by atoms with Crippen LogP contribution in [0.25, 0.3) is 0 Å². The molecule has 0 aliphatic carbocycles. The van der Waals surface area contributed by atoms with E-state index in [0.29, 0.717) is 28.8 Å². The van der Waals surface area contributed by atoms with Crippen molar-refractivity contribution >= 4 is 28.9 Å². The Hall–Kier alpha value is -3.22. The van der Waals surface area contributed by atoms with Crippen LogP contribution in [0, 0.1) is 6.92 Å². The third-order valence-corrected chi connectivity index (χ3v) is 3.09. The largest absolute Gasteiger partial charge is 0.360 e. The van der Waals surface area contributed by atoms with Crippen molar-refractivity contribution in [3.63, 3.8) is 0 Å². The van der Waals surface area contributed by atoms with Gasteiger partial charge in [-0.25, -0.2) is 9.97 Å². The SMILES string of the molecule is CC(=O)c1cccc(Nc2cc(Nc3cc(C)on3)ncn2)c1. The van der Waals surface area contributed by atoms with Gasteiger partial charge in [-0.05, 0) is 26.0 Å². The number of benzene rings is 1. The molecule has 0 bridgehead atoms. The van der Waals surface area contributed by atoms with Crippen LogP contribution in [0.15, 0.2) is 47.2 Å². The van der Waals surface area contributed by atoms with Crippen LogP contribution >= 0.6 is 0 Å². The van der Waals surface area contributed by atoms with Crippen LogP contribution in [0.3, 0.4) is 0 Å². The molecule has 2 N–H and O–H groups in total. The molecular formula is C16H15N5O2. The number of rotatable bonds is 5. The maximum absolute atomic E-state index is 11.4. The van der Waals surface area contributed by atoms with E-state index in [1.807, 2.05) is 19.1 Å². The predicted octanol–water partition coefficient (Wildman–Crippen LogP) is 3.46. The monoisotopic (exact) mass is 309 g/mol. The summed E-state index contributed by atoms with van der Waals surface area (Å²) in [7, 11) is 0. The van der Waals surface area contributed by atoms with E-state index in [-0.39, 0.29) is 5.78 Å². The van der Waals surface area contributed by atoms with Crippen LogP contribution < -0.4 is 10.6 Å². The molecule has 3 rings (SSSR count). The summed E-state index contributed by atoms with van der Waals surface area (Å²) < 4.78 is 4.99. The highest BCUT2D eigenvalue weighted by atomic mass is 16.5. The minimum Gasteiger partial charge on any atom is -0.360 e. The Morgan fingerprint density at radius 3 is 2.52 bits per heavy atom. The molecule has 0 saturated heterocycles. The van der Waals surface area contributed by atoms with Gasteiger partial charge in [0.2, 0.25) is 0 Å². The number of anilines is 4. The number of carbonyl (C=O) groups excluding carboxylic acids is 1. The van der Waals surface area contributed by atoms with Crippen molar-refractivity contribution in [3.05, 3.63) is 54.0 Å². The molecular weight excluding hydrogens is 294 g/mol. The summed E-state index contributed by atoms with van der Waals surface area (Å²) in [6.45, 7) is 3.35. The first-order valence-corrected chi connectivity index (χ1v) is 7.00. The van der Waals surface area contributed by atoms with Gasteiger partial charge < -0.3 is 15.2 Å². The molecule has 1 aromatic carbocycles. The van der Waals surface area contributed by atoms with E-state index >= 15 is 0 Å². The summed E-state index contributed by atoms with van der Waals surface area (Å²) in [5, 5.41) is 10.0. The molecule has 0 radical (unpaired) electrons. The molecule has 2 aromatic heterocycles. The van der Waals surface area contributed by atoms with E-state index in [4.69, 9.17) is 4.52 Å². The number of nitrogens with zero attached hydrogens (tertiary/aromatic N) is 3. The maximum atomic E-state index is 11.4. The third kappa shape index (κ3) is 3.70. The number of hydrogen-bond acceptors (Lipinski definition) is 7. The molecule has 0 fully saturated rings. The average Bonchev–Trinajstić information content (AvgIpc) is 2.93. The zero-order valence-corrected chi connectivity index (χ0v) is 12.7. The van der Waals surface area contributed by atoms with E-state index in [2.05, 4.69) is 25.8 Å². The number of hydrogen-bond donors (Lipinski definition) is 2. The van der Waals surface area contributed by atoms with Crippen LogP contribution in [0.5, 0.6) is 0 Å². The third-order valence-electron chi connectivity index (χ3n) is 3.09. The molecule has 0 saturated carbocycles. The number of ketones is 1. The molecule has 116 valence electrons. The maximum Gasteiger partial charge on any atom is 0.175 e. The van der Waals surface area contributed by atoms with Crippen LogP contribution in [-0.4, -0.2) is 20.9 Å². The van der Waals surface area contributed by atoms with Crippen molar-refractivity contribution < 1.29 is 9.32 Å². The predicted molar refractivity (Wildman–Crippen MR) is 86.3 cm³/mol. The van der Waals surface area contributed by atoms with Gasteiger partial charge in [0, 0.05) is 23.4 Å². The fourth-order valence-electron chi connectivity index (χ4n) is 2.01. The van der Waals surface area contributed by atoms with Crippen molar-refractivity contribution in [1.29, 1.82) is 0 Å². The van der Waals surface area contributed by atoms with Gasteiger partial charge >= 0.3 is 0 Å². The second kappa shape index (κ2) is 6.27. The highest BCUT2D eigenvalue weighted by Crippen LogP contribution is 2.20. The van der Waals surface area contributed by atoms with E-state index in [9.17, 15) is 4.79 Å². The van der Waals surface area contributed by atoms with Gasteiger partial charge in [-0.15, -0.1) is 0 Å². The summed E-state index contributed by atoms with van der Waals surface area (Å²) in [6.07, 6.45) is 1.44. The molecule has 0 aliphatic rings. The van der Waals surface area contributed by atoms with Crippen molar-refractivity contribution in [1.82, 2.24) is 15.1 Å². The topological polar surface area (TPSA) is 92.9 Å². The van der Waals surface area contributed by atoms with Crippen LogP contribution in [0.1, 0.15) is 23.0 Å². The normalized spacial score (nSPS) is 10.3. The first-order chi connectivity index (χ1) is 11.1. The van der Waals surface area contributed by atoms with Crippen molar-refractivity contribution in [2.45, 2.75) is 13.8 Å². The molecule has 0 spiro atoms. The lowest BCUT2D eigenvalue weighted by atomic mass is 10.1. The highest BCUT2D eigenvalue weighted by Gasteiger charge is 2.05. The summed E-state index contributed by atoms with van der Waals surface area (Å²) >= 11 is 0. The first-order valence-electron chi connectivity index (χ1n) is 7.00. The quantitative estimate of drug-likeness (QED) is 0.697. The lowest BCUT2D eigenvalue weighted by molar-refractivity contribution is 0.101. The number of aromatic nitrogens is 3. The minimum absolute atomic E-state index is 0.0140. The number of nitrogens with one attached hydrogen (secondary N) is 2. The second-order valence-corrected chi connectivity index (χ2v) is 5.00. The van der Waals surface area contributed by atoms with Gasteiger partial charge in [0.25, 0.3) is 0 Å². The Morgan fingerprint density at radius 1 is 1.04 bits per heavy atom. The summed E-state index contributed by atoms with van der Waals surface area (Å²) in [4.78, 5) is 19.7. The number of aryl methyl sites for hydroxylation is 1. The zero-order chi connectivity index (χ0) is 16.2. The number of carbonyl (C=O) groups is 1. The molecule has 0 aliphatic heterocycles. The molecule has 0 unspecified atom stereocenters. The van der Waals surface area contributed by atoms with Crippen molar-refractivity contribution in [3.8, 4) is 0 Å². The van der Waals surface area contributed by atoms with E-state index in [0.717, 1.165) is 5.69 Å². The van der Waals surface area contributed by atoms with Gasteiger partial charge in [-0.3, -0.25) is 4.79 Å². The smallest absolute Gasteiger partial charge is 0.175 e. The molecule has 23 heavy (non-hydrogen) atoms. The van der Waals surface area contributed by atoms with Gasteiger partial charge in [-0.1, -0.05) is 17.3 Å². The molecule has 7 nitrogen and oxygen atoms in total. The van der Waals surface area contributed by atoms with Gasteiger partial charge in [0.15, 0.2) is 11.6 Å². The number of Topliss-reactive ketones (excluding diaryl/α,β-unsaturated/α-hetero) is 1. The van der Waals surface area contributed by atoms with Crippen LogP contribution in [0.4, 0.5) is 23.1 Å². The Bertz CT molecular complexity index is 844. The summed E-state index contributed by atoms with van der Waals surface area (Å²) in [6, 6.07) is 10.7. The van der Waals surface area contributed by atoms with Gasteiger partial charge in [0.1, 0.15) is 23.7 Å². The Labute approximate surface area is 132 Å².